The maximum atomic E-state index is 13.7. The standard InChI is InChI=1S/C30H33N7O7/c31-21(11-18-14-33-22-9-5-4-8-20(18)22)27(40)35-23(10-17-6-2-1-3-7-17)28(41)36-24(12-19-15-32-16-34-19)29(42)37-25(30(43)44)13-26(38)39/h1-9,14-16,21,23-25,33H,10-13,31H2,(H,32,34)(H,35,40)(H,36,41)(H,37,42)(H,38,39)(H,43,44). The van der Waals surface area contributed by atoms with E-state index in [1.807, 2.05) is 24.3 Å². The highest BCUT2D eigenvalue weighted by molar-refractivity contribution is 5.95. The van der Waals surface area contributed by atoms with Crippen LogP contribution in [-0.4, -0.2) is 79.0 Å². The Labute approximate surface area is 251 Å². The summed E-state index contributed by atoms with van der Waals surface area (Å²) in [5.41, 5.74) is 9.16. The van der Waals surface area contributed by atoms with Crippen LogP contribution in [0.4, 0.5) is 0 Å². The molecule has 14 heteroatoms. The molecule has 0 saturated heterocycles. The molecule has 4 rings (SSSR count). The van der Waals surface area contributed by atoms with E-state index in [9.17, 15) is 29.1 Å². The molecule has 4 aromatic rings. The van der Waals surface area contributed by atoms with Crippen LogP contribution in [-0.2, 0) is 43.2 Å². The average Bonchev–Trinajstić information content (AvgIpc) is 3.66. The lowest BCUT2D eigenvalue weighted by molar-refractivity contribution is -0.147. The number of imidazole rings is 1. The number of hydrogen-bond acceptors (Lipinski definition) is 7. The summed E-state index contributed by atoms with van der Waals surface area (Å²) in [5.74, 6) is -5.23. The quantitative estimate of drug-likeness (QED) is 0.0929. The Kier molecular flexibility index (Phi) is 10.4. The van der Waals surface area contributed by atoms with E-state index in [1.54, 1.807) is 36.5 Å². The van der Waals surface area contributed by atoms with Crippen LogP contribution in [0, 0.1) is 0 Å². The number of benzene rings is 2. The lowest BCUT2D eigenvalue weighted by atomic mass is 10.0. The van der Waals surface area contributed by atoms with Gasteiger partial charge in [-0.1, -0.05) is 48.5 Å². The summed E-state index contributed by atoms with van der Waals surface area (Å²) >= 11 is 0. The Morgan fingerprint density at radius 1 is 0.773 bits per heavy atom. The van der Waals surface area contributed by atoms with Crippen LogP contribution in [0.1, 0.15) is 23.2 Å². The number of nitrogens with zero attached hydrogens (tertiary/aromatic N) is 1. The molecule has 4 unspecified atom stereocenters. The molecule has 14 nitrogen and oxygen atoms in total. The molecule has 0 aliphatic carbocycles. The van der Waals surface area contributed by atoms with Gasteiger partial charge in [-0.3, -0.25) is 19.2 Å². The van der Waals surface area contributed by atoms with Crippen molar-refractivity contribution in [3.8, 4) is 0 Å². The highest BCUT2D eigenvalue weighted by atomic mass is 16.4. The first-order chi connectivity index (χ1) is 21.1. The maximum absolute atomic E-state index is 13.7. The number of aromatic amines is 2. The van der Waals surface area contributed by atoms with E-state index in [2.05, 4.69) is 30.9 Å². The fourth-order valence-electron chi connectivity index (χ4n) is 4.71. The number of aromatic nitrogens is 3. The monoisotopic (exact) mass is 603 g/mol. The number of nitrogens with one attached hydrogen (secondary N) is 5. The van der Waals surface area contributed by atoms with Crippen molar-refractivity contribution >= 4 is 40.6 Å². The van der Waals surface area contributed by atoms with Crippen LogP contribution in [0.5, 0.6) is 0 Å². The van der Waals surface area contributed by atoms with Gasteiger partial charge < -0.3 is 41.9 Å². The predicted molar refractivity (Wildman–Crippen MR) is 158 cm³/mol. The fourth-order valence-corrected chi connectivity index (χ4v) is 4.71. The number of aliphatic carboxylic acids is 2. The molecule has 2 heterocycles. The minimum Gasteiger partial charge on any atom is -0.481 e. The molecule has 0 fully saturated rings. The van der Waals surface area contributed by atoms with Crippen molar-refractivity contribution in [1.82, 2.24) is 30.9 Å². The first kappa shape index (κ1) is 31.4. The number of carboxylic acids is 2. The number of H-pyrrole nitrogens is 2. The Morgan fingerprint density at radius 3 is 2.07 bits per heavy atom. The minimum atomic E-state index is -1.73. The van der Waals surface area contributed by atoms with Crippen LogP contribution in [0.3, 0.4) is 0 Å². The summed E-state index contributed by atoms with van der Waals surface area (Å²) in [4.78, 5) is 72.6. The van der Waals surface area contributed by atoms with E-state index in [0.29, 0.717) is 5.69 Å². The van der Waals surface area contributed by atoms with Crippen molar-refractivity contribution in [3.63, 3.8) is 0 Å². The number of fused-ring (bicyclic) bond motifs is 1. The van der Waals surface area contributed by atoms with E-state index in [0.717, 1.165) is 22.0 Å². The van der Waals surface area contributed by atoms with E-state index in [-0.39, 0.29) is 19.3 Å². The van der Waals surface area contributed by atoms with Crippen molar-refractivity contribution in [2.45, 2.75) is 49.9 Å². The molecular weight excluding hydrogens is 570 g/mol. The topological polar surface area (TPSA) is 232 Å². The van der Waals surface area contributed by atoms with Gasteiger partial charge in [0, 0.05) is 41.8 Å². The summed E-state index contributed by atoms with van der Waals surface area (Å²) in [5, 5.41) is 26.9. The average molecular weight is 604 g/mol. The molecule has 0 spiro atoms. The van der Waals surface area contributed by atoms with Gasteiger partial charge in [-0.15, -0.1) is 0 Å². The number of nitrogens with two attached hydrogens (primary N) is 1. The van der Waals surface area contributed by atoms with Gasteiger partial charge in [0.2, 0.25) is 17.7 Å². The van der Waals surface area contributed by atoms with Gasteiger partial charge in [-0.05, 0) is 23.6 Å². The lowest BCUT2D eigenvalue weighted by Gasteiger charge is -2.25. The van der Waals surface area contributed by atoms with Gasteiger partial charge in [-0.25, -0.2) is 9.78 Å². The predicted octanol–water partition coefficient (Wildman–Crippen LogP) is 0.260. The zero-order valence-corrected chi connectivity index (χ0v) is 23.5. The number of carbonyl (C=O) groups excluding carboxylic acids is 3. The molecule has 44 heavy (non-hydrogen) atoms. The van der Waals surface area contributed by atoms with Crippen LogP contribution in [0.15, 0.2) is 73.3 Å². The highest BCUT2D eigenvalue weighted by Crippen LogP contribution is 2.19. The van der Waals surface area contributed by atoms with Crippen molar-refractivity contribution in [2.24, 2.45) is 5.73 Å². The van der Waals surface area contributed by atoms with Gasteiger partial charge >= 0.3 is 11.9 Å². The van der Waals surface area contributed by atoms with Crippen molar-refractivity contribution in [3.05, 3.63) is 90.1 Å². The van der Waals surface area contributed by atoms with Crippen molar-refractivity contribution in [2.75, 3.05) is 0 Å². The number of amides is 3. The minimum absolute atomic E-state index is 0.0629. The fraction of sp³-hybridized carbons (Fsp3) is 0.267. The second kappa shape index (κ2) is 14.6. The lowest BCUT2D eigenvalue weighted by Crippen LogP contribution is -2.58. The number of para-hydroxylation sites is 1. The normalized spacial score (nSPS) is 13.8. The Hall–Kier alpha value is -5.50. The molecule has 4 atom stereocenters. The summed E-state index contributed by atoms with van der Waals surface area (Å²) in [7, 11) is 0. The van der Waals surface area contributed by atoms with Crippen LogP contribution >= 0.6 is 0 Å². The Balaban J connectivity index is 1.52. The van der Waals surface area contributed by atoms with Gasteiger partial charge in [0.25, 0.3) is 0 Å². The summed E-state index contributed by atoms with van der Waals surface area (Å²) < 4.78 is 0. The Bertz CT molecular complexity index is 1600. The third kappa shape index (κ3) is 8.51. The van der Waals surface area contributed by atoms with E-state index in [4.69, 9.17) is 10.8 Å². The SMILES string of the molecule is NC(Cc1c[nH]c2ccccc12)C(=O)NC(Cc1ccccc1)C(=O)NC(Cc1cnc[nH]1)C(=O)NC(CC(=O)O)C(=O)O. The second-order valence-electron chi connectivity index (χ2n) is 10.3. The smallest absolute Gasteiger partial charge is 0.326 e. The largest absolute Gasteiger partial charge is 0.481 e. The third-order valence-electron chi connectivity index (χ3n) is 6.97. The third-order valence-corrected chi connectivity index (χ3v) is 6.97. The van der Waals surface area contributed by atoms with Gasteiger partial charge in [0.15, 0.2) is 0 Å². The molecule has 2 aromatic heterocycles. The number of hydrogen-bond donors (Lipinski definition) is 8. The summed E-state index contributed by atoms with van der Waals surface area (Å²) in [6.07, 6.45) is 3.83. The number of carbonyl (C=O) groups is 5. The van der Waals surface area contributed by atoms with Crippen LogP contribution < -0.4 is 21.7 Å². The molecule has 0 bridgehead atoms. The molecule has 2 aromatic carbocycles. The van der Waals surface area contributed by atoms with Crippen molar-refractivity contribution in [1.29, 1.82) is 0 Å². The molecule has 230 valence electrons. The molecule has 0 saturated carbocycles. The van der Waals surface area contributed by atoms with Crippen LogP contribution in [0.25, 0.3) is 10.9 Å². The molecule has 0 radical (unpaired) electrons. The molecular formula is C30H33N7O7. The maximum Gasteiger partial charge on any atom is 0.326 e. The van der Waals surface area contributed by atoms with Gasteiger partial charge in [-0.2, -0.15) is 0 Å². The summed E-state index contributed by atoms with van der Waals surface area (Å²) in [6.45, 7) is 0. The second-order valence-corrected chi connectivity index (χ2v) is 10.3. The molecule has 9 N–H and O–H groups in total. The van der Waals surface area contributed by atoms with Crippen LogP contribution in [0.2, 0.25) is 0 Å². The summed E-state index contributed by atoms with van der Waals surface area (Å²) in [6, 6.07) is 11.2. The zero-order valence-electron chi connectivity index (χ0n) is 23.5. The Morgan fingerprint density at radius 2 is 1.41 bits per heavy atom. The molecule has 0 aliphatic rings. The van der Waals surface area contributed by atoms with E-state index < -0.39 is 60.2 Å². The van der Waals surface area contributed by atoms with Gasteiger partial charge in [0.1, 0.15) is 18.1 Å². The number of rotatable bonds is 15. The zero-order chi connectivity index (χ0) is 31.6. The first-order valence-electron chi connectivity index (χ1n) is 13.8. The molecule has 0 aliphatic heterocycles. The van der Waals surface area contributed by atoms with Crippen molar-refractivity contribution < 1.29 is 34.2 Å². The number of carboxylic acid groups (broad SMARTS) is 2. The first-order valence-corrected chi connectivity index (χ1v) is 13.8. The van der Waals surface area contributed by atoms with Gasteiger partial charge in [0.05, 0.1) is 18.8 Å². The van der Waals surface area contributed by atoms with E-state index >= 15 is 0 Å². The highest BCUT2D eigenvalue weighted by Gasteiger charge is 2.32. The molecule has 3 amide bonds. The van der Waals surface area contributed by atoms with E-state index in [1.165, 1.54) is 12.5 Å².